The topological polar surface area (TPSA) is 53.4 Å². The Morgan fingerprint density at radius 1 is 1.26 bits per heavy atom. The van der Waals surface area contributed by atoms with Crippen molar-refractivity contribution < 1.29 is 14.3 Å². The van der Waals surface area contributed by atoms with E-state index >= 15 is 0 Å². The van der Waals surface area contributed by atoms with Crippen LogP contribution in [-0.2, 0) is 13.1 Å². The summed E-state index contributed by atoms with van der Waals surface area (Å²) in [6.07, 6.45) is 1.05. The van der Waals surface area contributed by atoms with Crippen LogP contribution in [-0.4, -0.2) is 16.1 Å². The molecule has 96 valence electrons. The SMILES string of the molecule is O=C(O)c1cc(F)cnc1N1Cc2ccccc2C1. The zero-order valence-electron chi connectivity index (χ0n) is 10.0. The number of pyridine rings is 1. The Bertz CT molecular complexity index is 633. The molecule has 1 aliphatic rings. The van der Waals surface area contributed by atoms with Gasteiger partial charge in [-0.05, 0) is 17.2 Å². The second-order valence-corrected chi connectivity index (χ2v) is 4.45. The lowest BCUT2D eigenvalue weighted by atomic mass is 10.1. The number of hydrogen-bond donors (Lipinski definition) is 1. The van der Waals surface area contributed by atoms with Crippen molar-refractivity contribution in [3.8, 4) is 0 Å². The summed E-state index contributed by atoms with van der Waals surface area (Å²) in [6, 6.07) is 8.89. The Balaban J connectivity index is 1.99. The van der Waals surface area contributed by atoms with Gasteiger partial charge in [-0.2, -0.15) is 0 Å². The van der Waals surface area contributed by atoms with Crippen LogP contribution >= 0.6 is 0 Å². The van der Waals surface area contributed by atoms with E-state index < -0.39 is 11.8 Å². The predicted octanol–water partition coefficient (Wildman–Crippen LogP) is 2.44. The number of fused-ring (bicyclic) bond motifs is 1. The van der Waals surface area contributed by atoms with E-state index in [0.29, 0.717) is 18.9 Å². The van der Waals surface area contributed by atoms with Gasteiger partial charge in [-0.25, -0.2) is 14.2 Å². The van der Waals surface area contributed by atoms with Gasteiger partial charge in [0.15, 0.2) is 0 Å². The number of halogens is 1. The van der Waals surface area contributed by atoms with Crippen LogP contribution in [0.2, 0.25) is 0 Å². The zero-order valence-corrected chi connectivity index (χ0v) is 10.0. The van der Waals surface area contributed by atoms with Crippen LogP contribution in [0, 0.1) is 5.82 Å². The van der Waals surface area contributed by atoms with Gasteiger partial charge in [-0.3, -0.25) is 0 Å². The van der Waals surface area contributed by atoms with Gasteiger partial charge in [-0.1, -0.05) is 24.3 Å². The van der Waals surface area contributed by atoms with Gasteiger partial charge in [0, 0.05) is 13.1 Å². The molecule has 0 radical (unpaired) electrons. The Kier molecular flexibility index (Phi) is 2.67. The first-order valence-corrected chi connectivity index (χ1v) is 5.86. The molecule has 1 aromatic heterocycles. The molecular formula is C14H11FN2O2. The van der Waals surface area contributed by atoms with Crippen molar-refractivity contribution in [2.75, 3.05) is 4.90 Å². The average molecular weight is 258 g/mol. The van der Waals surface area contributed by atoms with Crippen molar-refractivity contribution in [2.45, 2.75) is 13.1 Å². The Labute approximate surface area is 109 Å². The van der Waals surface area contributed by atoms with E-state index in [1.54, 1.807) is 0 Å². The quantitative estimate of drug-likeness (QED) is 0.898. The molecule has 4 nitrogen and oxygen atoms in total. The maximum atomic E-state index is 13.1. The molecule has 1 N–H and O–H groups in total. The number of anilines is 1. The summed E-state index contributed by atoms with van der Waals surface area (Å²) in [5.74, 6) is -1.50. The van der Waals surface area contributed by atoms with Crippen LogP contribution < -0.4 is 4.90 Å². The van der Waals surface area contributed by atoms with Crippen LogP contribution in [0.3, 0.4) is 0 Å². The van der Waals surface area contributed by atoms with Crippen LogP contribution in [0.15, 0.2) is 36.5 Å². The number of carboxylic acids is 1. The predicted molar refractivity (Wildman–Crippen MR) is 67.5 cm³/mol. The molecule has 0 fully saturated rings. The van der Waals surface area contributed by atoms with Crippen molar-refractivity contribution in [1.29, 1.82) is 0 Å². The van der Waals surface area contributed by atoms with E-state index in [9.17, 15) is 9.18 Å². The number of carboxylic acid groups (broad SMARTS) is 1. The maximum absolute atomic E-state index is 13.1. The van der Waals surface area contributed by atoms with E-state index in [-0.39, 0.29) is 5.56 Å². The Morgan fingerprint density at radius 3 is 2.47 bits per heavy atom. The lowest BCUT2D eigenvalue weighted by Gasteiger charge is -2.18. The van der Waals surface area contributed by atoms with Gasteiger partial charge >= 0.3 is 5.97 Å². The van der Waals surface area contributed by atoms with Crippen molar-refractivity contribution in [3.05, 3.63) is 59.0 Å². The van der Waals surface area contributed by atoms with E-state index in [0.717, 1.165) is 23.4 Å². The molecule has 0 atom stereocenters. The fourth-order valence-corrected chi connectivity index (χ4v) is 2.32. The highest BCUT2D eigenvalue weighted by Gasteiger charge is 2.24. The average Bonchev–Trinajstić information content (AvgIpc) is 2.82. The molecule has 19 heavy (non-hydrogen) atoms. The molecule has 0 aliphatic carbocycles. The number of nitrogens with zero attached hydrogens (tertiary/aromatic N) is 2. The van der Waals surface area contributed by atoms with Crippen molar-refractivity contribution in [1.82, 2.24) is 4.98 Å². The van der Waals surface area contributed by atoms with E-state index in [4.69, 9.17) is 5.11 Å². The molecule has 0 bridgehead atoms. The second-order valence-electron chi connectivity index (χ2n) is 4.45. The van der Waals surface area contributed by atoms with Crippen LogP contribution in [0.4, 0.5) is 10.2 Å². The third kappa shape index (κ3) is 2.03. The summed E-state index contributed by atoms with van der Waals surface area (Å²) in [4.78, 5) is 16.9. The molecule has 0 saturated carbocycles. The number of hydrogen-bond acceptors (Lipinski definition) is 3. The second kappa shape index (κ2) is 4.35. The smallest absolute Gasteiger partial charge is 0.339 e. The molecule has 3 rings (SSSR count). The third-order valence-electron chi connectivity index (χ3n) is 3.20. The van der Waals surface area contributed by atoms with Crippen molar-refractivity contribution in [2.24, 2.45) is 0 Å². The molecule has 2 heterocycles. The summed E-state index contributed by atoms with van der Waals surface area (Å²) >= 11 is 0. The first-order valence-electron chi connectivity index (χ1n) is 5.86. The van der Waals surface area contributed by atoms with Gasteiger partial charge in [0.2, 0.25) is 0 Å². The highest BCUT2D eigenvalue weighted by molar-refractivity contribution is 5.93. The molecule has 0 spiro atoms. The first kappa shape index (κ1) is 11.6. The lowest BCUT2D eigenvalue weighted by Crippen LogP contribution is -2.19. The number of benzene rings is 1. The van der Waals surface area contributed by atoms with Crippen LogP contribution in [0.1, 0.15) is 21.5 Å². The fraction of sp³-hybridized carbons (Fsp3) is 0.143. The molecule has 0 saturated heterocycles. The molecule has 0 unspecified atom stereocenters. The highest BCUT2D eigenvalue weighted by atomic mass is 19.1. The van der Waals surface area contributed by atoms with E-state index in [2.05, 4.69) is 4.98 Å². The normalized spacial score (nSPS) is 13.4. The molecular weight excluding hydrogens is 247 g/mol. The largest absolute Gasteiger partial charge is 0.478 e. The summed E-state index contributed by atoms with van der Waals surface area (Å²) < 4.78 is 13.1. The number of rotatable bonds is 2. The lowest BCUT2D eigenvalue weighted by molar-refractivity contribution is 0.0696. The zero-order chi connectivity index (χ0) is 13.4. The maximum Gasteiger partial charge on any atom is 0.339 e. The van der Waals surface area contributed by atoms with Crippen LogP contribution in [0.25, 0.3) is 0 Å². The first-order chi connectivity index (χ1) is 9.15. The molecule has 2 aromatic rings. The number of aromatic nitrogens is 1. The minimum atomic E-state index is -1.17. The summed E-state index contributed by atoms with van der Waals surface area (Å²) in [7, 11) is 0. The van der Waals surface area contributed by atoms with E-state index in [1.807, 2.05) is 29.2 Å². The molecule has 5 heteroatoms. The number of aromatic carboxylic acids is 1. The standard InChI is InChI=1S/C14H11FN2O2/c15-11-5-12(14(18)19)13(16-6-11)17-7-9-3-1-2-4-10(9)8-17/h1-6H,7-8H2,(H,18,19). The van der Waals surface area contributed by atoms with Gasteiger partial charge < -0.3 is 10.0 Å². The van der Waals surface area contributed by atoms with Gasteiger partial charge in [-0.15, -0.1) is 0 Å². The number of carbonyl (C=O) groups is 1. The van der Waals surface area contributed by atoms with E-state index in [1.165, 1.54) is 0 Å². The third-order valence-corrected chi connectivity index (χ3v) is 3.20. The molecule has 0 amide bonds. The minimum Gasteiger partial charge on any atom is -0.478 e. The Hall–Kier alpha value is -2.43. The minimum absolute atomic E-state index is 0.104. The highest BCUT2D eigenvalue weighted by Crippen LogP contribution is 2.29. The summed E-state index contributed by atoms with van der Waals surface area (Å²) in [5, 5.41) is 9.13. The summed E-state index contributed by atoms with van der Waals surface area (Å²) in [5.41, 5.74) is 2.18. The fourth-order valence-electron chi connectivity index (χ4n) is 2.32. The van der Waals surface area contributed by atoms with Crippen molar-refractivity contribution >= 4 is 11.8 Å². The monoisotopic (exact) mass is 258 g/mol. The van der Waals surface area contributed by atoms with Gasteiger partial charge in [0.05, 0.1) is 6.20 Å². The molecule has 1 aromatic carbocycles. The Morgan fingerprint density at radius 2 is 1.89 bits per heavy atom. The van der Waals surface area contributed by atoms with Gasteiger partial charge in [0.25, 0.3) is 0 Å². The van der Waals surface area contributed by atoms with Gasteiger partial charge in [0.1, 0.15) is 17.2 Å². The summed E-state index contributed by atoms with van der Waals surface area (Å²) in [6.45, 7) is 1.18. The van der Waals surface area contributed by atoms with Crippen molar-refractivity contribution in [3.63, 3.8) is 0 Å². The van der Waals surface area contributed by atoms with Crippen LogP contribution in [0.5, 0.6) is 0 Å². The molecule has 1 aliphatic heterocycles.